The van der Waals surface area contributed by atoms with E-state index in [0.717, 1.165) is 6.42 Å². The Bertz CT molecular complexity index is 327. The fourth-order valence-electron chi connectivity index (χ4n) is 2.19. The molecule has 2 rings (SSSR count). The van der Waals surface area contributed by atoms with Gasteiger partial charge in [-0.2, -0.15) is 0 Å². The Morgan fingerprint density at radius 3 is 2.60 bits per heavy atom. The smallest absolute Gasteiger partial charge is 0.129 e. The summed E-state index contributed by atoms with van der Waals surface area (Å²) in [7, 11) is 0. The van der Waals surface area contributed by atoms with Gasteiger partial charge in [0.1, 0.15) is 5.82 Å². The van der Waals surface area contributed by atoms with Crippen LogP contribution in [-0.4, -0.2) is 18.1 Å². The van der Waals surface area contributed by atoms with Crippen LogP contribution in [-0.2, 0) is 6.42 Å². The molecule has 1 aromatic rings. The van der Waals surface area contributed by atoms with Gasteiger partial charge in [0.15, 0.2) is 0 Å². The van der Waals surface area contributed by atoms with Crippen LogP contribution in [0.2, 0.25) is 0 Å². The lowest BCUT2D eigenvalue weighted by Crippen LogP contribution is -2.30. The van der Waals surface area contributed by atoms with E-state index in [1.165, 1.54) is 49.4 Å². The van der Waals surface area contributed by atoms with Crippen molar-refractivity contribution in [2.45, 2.75) is 39.5 Å². The monoisotopic (exact) mass is 204 g/mol. The third-order valence-electron chi connectivity index (χ3n) is 3.05. The first-order valence-corrected chi connectivity index (χ1v) is 6.02. The summed E-state index contributed by atoms with van der Waals surface area (Å²) in [5.41, 5.74) is 2.55. The molecular formula is C13H20N2. The van der Waals surface area contributed by atoms with Crippen LogP contribution in [0.25, 0.3) is 0 Å². The van der Waals surface area contributed by atoms with Gasteiger partial charge >= 0.3 is 0 Å². The normalized spacial score (nSPS) is 16.8. The second-order valence-corrected chi connectivity index (χ2v) is 4.40. The Balaban J connectivity index is 2.22. The molecule has 2 nitrogen and oxygen atoms in total. The summed E-state index contributed by atoms with van der Waals surface area (Å²) < 4.78 is 0. The summed E-state index contributed by atoms with van der Waals surface area (Å²) >= 11 is 0. The molecule has 0 spiro atoms. The van der Waals surface area contributed by atoms with Crippen LogP contribution in [0.15, 0.2) is 12.1 Å². The Labute approximate surface area is 92.3 Å². The molecule has 1 aromatic heterocycles. The van der Waals surface area contributed by atoms with Crippen molar-refractivity contribution in [3.8, 4) is 0 Å². The van der Waals surface area contributed by atoms with Gasteiger partial charge in [0, 0.05) is 18.8 Å². The van der Waals surface area contributed by atoms with Gasteiger partial charge in [0.25, 0.3) is 0 Å². The van der Waals surface area contributed by atoms with E-state index in [1.807, 2.05) is 0 Å². The lowest BCUT2D eigenvalue weighted by atomic mass is 10.1. The van der Waals surface area contributed by atoms with Crippen LogP contribution >= 0.6 is 0 Å². The molecule has 0 amide bonds. The molecule has 0 atom stereocenters. The number of aryl methyl sites for hydroxylation is 2. The minimum atomic E-state index is 1.03. The molecule has 0 aromatic carbocycles. The van der Waals surface area contributed by atoms with Gasteiger partial charge < -0.3 is 4.90 Å². The predicted octanol–water partition coefficient (Wildman–Crippen LogP) is 2.94. The average molecular weight is 204 g/mol. The van der Waals surface area contributed by atoms with Gasteiger partial charge in [-0.25, -0.2) is 4.98 Å². The fourth-order valence-corrected chi connectivity index (χ4v) is 2.19. The SMILES string of the molecule is CCc1cc(C)cc(N2CCCCC2)n1. The van der Waals surface area contributed by atoms with E-state index in [0.29, 0.717) is 0 Å². The highest BCUT2D eigenvalue weighted by Gasteiger charge is 2.12. The van der Waals surface area contributed by atoms with E-state index < -0.39 is 0 Å². The van der Waals surface area contributed by atoms with Gasteiger partial charge in [-0.1, -0.05) is 6.92 Å². The number of piperidine rings is 1. The van der Waals surface area contributed by atoms with Crippen molar-refractivity contribution < 1.29 is 0 Å². The summed E-state index contributed by atoms with van der Waals surface area (Å²) in [5, 5.41) is 0. The van der Waals surface area contributed by atoms with E-state index >= 15 is 0 Å². The number of hydrogen-bond donors (Lipinski definition) is 0. The van der Waals surface area contributed by atoms with E-state index in [2.05, 4.69) is 30.9 Å². The van der Waals surface area contributed by atoms with Crippen LogP contribution in [0, 0.1) is 6.92 Å². The Hall–Kier alpha value is -1.05. The van der Waals surface area contributed by atoms with E-state index in [9.17, 15) is 0 Å². The molecule has 1 aliphatic rings. The first kappa shape index (κ1) is 10.5. The number of hydrogen-bond acceptors (Lipinski definition) is 2. The summed E-state index contributed by atoms with van der Waals surface area (Å²) in [5.74, 6) is 1.19. The molecule has 1 fully saturated rings. The maximum Gasteiger partial charge on any atom is 0.129 e. The largest absolute Gasteiger partial charge is 0.357 e. The number of rotatable bonds is 2. The van der Waals surface area contributed by atoms with Crippen molar-refractivity contribution >= 4 is 5.82 Å². The van der Waals surface area contributed by atoms with Crippen molar-refractivity contribution in [3.63, 3.8) is 0 Å². The van der Waals surface area contributed by atoms with Gasteiger partial charge in [0.2, 0.25) is 0 Å². The molecule has 2 heteroatoms. The summed E-state index contributed by atoms with van der Waals surface area (Å²) in [6.45, 7) is 6.69. The Morgan fingerprint density at radius 2 is 1.93 bits per heavy atom. The molecular weight excluding hydrogens is 184 g/mol. The fraction of sp³-hybridized carbons (Fsp3) is 0.615. The maximum absolute atomic E-state index is 4.70. The first-order valence-electron chi connectivity index (χ1n) is 6.02. The Morgan fingerprint density at radius 1 is 1.20 bits per heavy atom. The zero-order valence-electron chi connectivity index (χ0n) is 9.79. The van der Waals surface area contributed by atoms with Crippen LogP contribution in [0.3, 0.4) is 0 Å². The molecule has 0 radical (unpaired) electrons. The molecule has 2 heterocycles. The second kappa shape index (κ2) is 4.65. The Kier molecular flexibility index (Phi) is 3.24. The molecule has 0 aliphatic carbocycles. The first-order chi connectivity index (χ1) is 7.29. The van der Waals surface area contributed by atoms with Crippen molar-refractivity contribution in [2.75, 3.05) is 18.0 Å². The molecule has 0 unspecified atom stereocenters. The van der Waals surface area contributed by atoms with Crippen LogP contribution in [0.1, 0.15) is 37.4 Å². The highest BCUT2D eigenvalue weighted by Crippen LogP contribution is 2.19. The molecule has 1 aliphatic heterocycles. The molecule has 0 saturated carbocycles. The third-order valence-corrected chi connectivity index (χ3v) is 3.05. The van der Waals surface area contributed by atoms with Crippen molar-refractivity contribution in [3.05, 3.63) is 23.4 Å². The molecule has 1 saturated heterocycles. The predicted molar refractivity (Wildman–Crippen MR) is 64.4 cm³/mol. The third kappa shape index (κ3) is 2.49. The highest BCUT2D eigenvalue weighted by molar-refractivity contribution is 5.42. The summed E-state index contributed by atoms with van der Waals surface area (Å²) in [6, 6.07) is 4.40. The molecule has 0 bridgehead atoms. The van der Waals surface area contributed by atoms with Crippen molar-refractivity contribution in [2.24, 2.45) is 0 Å². The van der Waals surface area contributed by atoms with Crippen LogP contribution in [0.4, 0.5) is 5.82 Å². The van der Waals surface area contributed by atoms with E-state index in [-0.39, 0.29) is 0 Å². The average Bonchev–Trinajstić information content (AvgIpc) is 2.29. The number of aromatic nitrogens is 1. The van der Waals surface area contributed by atoms with Gasteiger partial charge in [-0.05, 0) is 50.3 Å². The number of pyridine rings is 1. The lowest BCUT2D eigenvalue weighted by molar-refractivity contribution is 0.572. The zero-order valence-corrected chi connectivity index (χ0v) is 9.79. The van der Waals surface area contributed by atoms with Gasteiger partial charge in [0.05, 0.1) is 0 Å². The summed E-state index contributed by atoms with van der Waals surface area (Å²) in [6.07, 6.45) is 5.04. The highest BCUT2D eigenvalue weighted by atomic mass is 15.2. The van der Waals surface area contributed by atoms with Gasteiger partial charge in [-0.15, -0.1) is 0 Å². The lowest BCUT2D eigenvalue weighted by Gasteiger charge is -2.28. The van der Waals surface area contributed by atoms with Gasteiger partial charge in [-0.3, -0.25) is 0 Å². The number of nitrogens with zero attached hydrogens (tertiary/aromatic N) is 2. The van der Waals surface area contributed by atoms with Crippen LogP contribution < -0.4 is 4.90 Å². The molecule has 0 N–H and O–H groups in total. The standard InChI is InChI=1S/C13H20N2/c1-3-12-9-11(2)10-13(14-12)15-7-5-4-6-8-15/h9-10H,3-8H2,1-2H3. The van der Waals surface area contributed by atoms with E-state index in [4.69, 9.17) is 4.98 Å². The zero-order chi connectivity index (χ0) is 10.7. The minimum absolute atomic E-state index is 1.03. The number of anilines is 1. The van der Waals surface area contributed by atoms with Crippen LogP contribution in [0.5, 0.6) is 0 Å². The minimum Gasteiger partial charge on any atom is -0.357 e. The molecule has 15 heavy (non-hydrogen) atoms. The topological polar surface area (TPSA) is 16.1 Å². The summed E-state index contributed by atoms with van der Waals surface area (Å²) in [4.78, 5) is 7.13. The molecule has 82 valence electrons. The maximum atomic E-state index is 4.70. The van der Waals surface area contributed by atoms with Crippen molar-refractivity contribution in [1.82, 2.24) is 4.98 Å². The quantitative estimate of drug-likeness (QED) is 0.736. The van der Waals surface area contributed by atoms with Crippen molar-refractivity contribution in [1.29, 1.82) is 0 Å². The second-order valence-electron chi connectivity index (χ2n) is 4.40. The van der Waals surface area contributed by atoms with E-state index in [1.54, 1.807) is 0 Å².